The van der Waals surface area contributed by atoms with E-state index >= 15 is 0 Å². The molecule has 0 spiro atoms. The normalized spacial score (nSPS) is 16.8. The molecule has 1 fully saturated rings. The molecule has 0 aliphatic heterocycles. The molecule has 1 saturated carbocycles. The quantitative estimate of drug-likeness (QED) is 0.650. The minimum absolute atomic E-state index is 0.320. The zero-order valence-electron chi connectivity index (χ0n) is 12.3. The van der Waals surface area contributed by atoms with Gasteiger partial charge in [0.25, 0.3) is 0 Å². The molecule has 19 heavy (non-hydrogen) atoms. The summed E-state index contributed by atoms with van der Waals surface area (Å²) in [4.78, 5) is 12.2. The fourth-order valence-corrected chi connectivity index (χ4v) is 3.01. The average molecular weight is 258 g/mol. The topological polar surface area (TPSA) is 17.1 Å². The zero-order chi connectivity index (χ0) is 13.7. The lowest BCUT2D eigenvalue weighted by Gasteiger charge is -2.20. The van der Waals surface area contributed by atoms with E-state index in [0.717, 1.165) is 24.3 Å². The fourth-order valence-electron chi connectivity index (χ4n) is 3.01. The van der Waals surface area contributed by atoms with E-state index in [-0.39, 0.29) is 0 Å². The molecule has 0 aromatic heterocycles. The molecule has 0 atom stereocenters. The predicted octanol–water partition coefficient (Wildman–Crippen LogP) is 5.35. The molecule has 2 rings (SSSR count). The van der Waals surface area contributed by atoms with Crippen LogP contribution in [-0.4, -0.2) is 5.78 Å². The SMILES string of the molecule is CC(C)c1ccc(C(=O)CCC2CCCCC2)cc1. The van der Waals surface area contributed by atoms with E-state index in [4.69, 9.17) is 0 Å². The summed E-state index contributed by atoms with van der Waals surface area (Å²) in [6.07, 6.45) is 8.60. The van der Waals surface area contributed by atoms with Gasteiger partial charge in [0.2, 0.25) is 0 Å². The van der Waals surface area contributed by atoms with Crippen molar-refractivity contribution in [1.29, 1.82) is 0 Å². The minimum Gasteiger partial charge on any atom is -0.294 e. The van der Waals surface area contributed by atoms with Gasteiger partial charge in [-0.2, -0.15) is 0 Å². The molecule has 0 radical (unpaired) electrons. The summed E-state index contributed by atoms with van der Waals surface area (Å²) >= 11 is 0. The van der Waals surface area contributed by atoms with Crippen molar-refractivity contribution in [2.24, 2.45) is 5.92 Å². The smallest absolute Gasteiger partial charge is 0.162 e. The van der Waals surface area contributed by atoms with Crippen molar-refractivity contribution in [2.75, 3.05) is 0 Å². The Hall–Kier alpha value is -1.11. The first-order valence-corrected chi connectivity index (χ1v) is 7.80. The third kappa shape index (κ3) is 4.19. The van der Waals surface area contributed by atoms with Crippen LogP contribution < -0.4 is 0 Å². The molecule has 0 heterocycles. The summed E-state index contributed by atoms with van der Waals surface area (Å²) in [6, 6.07) is 8.19. The van der Waals surface area contributed by atoms with Gasteiger partial charge in [-0.1, -0.05) is 70.2 Å². The Labute approximate surface area is 117 Å². The van der Waals surface area contributed by atoms with Crippen LogP contribution in [0.15, 0.2) is 24.3 Å². The maximum atomic E-state index is 12.2. The zero-order valence-corrected chi connectivity index (χ0v) is 12.3. The molecule has 1 heteroatoms. The van der Waals surface area contributed by atoms with Gasteiger partial charge in [-0.15, -0.1) is 0 Å². The fraction of sp³-hybridized carbons (Fsp3) is 0.611. The Kier molecular flexibility index (Phi) is 5.18. The molecule has 104 valence electrons. The third-order valence-electron chi connectivity index (χ3n) is 4.40. The molecule has 1 nitrogen and oxygen atoms in total. The number of Topliss-reactive ketones (excluding diaryl/α,β-unsaturated/α-hetero) is 1. The molecule has 0 N–H and O–H groups in total. The third-order valence-corrected chi connectivity index (χ3v) is 4.40. The molecule has 1 aromatic carbocycles. The van der Waals surface area contributed by atoms with Gasteiger partial charge in [0.1, 0.15) is 0 Å². The lowest BCUT2D eigenvalue weighted by atomic mass is 9.85. The molecule has 0 amide bonds. The summed E-state index contributed by atoms with van der Waals surface area (Å²) in [5.74, 6) is 1.65. The van der Waals surface area contributed by atoms with Gasteiger partial charge in [0.05, 0.1) is 0 Å². The Bertz CT molecular complexity index is 396. The molecule has 1 aliphatic carbocycles. The largest absolute Gasteiger partial charge is 0.294 e. The first-order valence-electron chi connectivity index (χ1n) is 7.80. The van der Waals surface area contributed by atoms with Crippen LogP contribution in [0.2, 0.25) is 0 Å². The van der Waals surface area contributed by atoms with E-state index in [0.29, 0.717) is 11.7 Å². The first kappa shape index (κ1) is 14.3. The van der Waals surface area contributed by atoms with E-state index in [1.807, 2.05) is 12.1 Å². The lowest BCUT2D eigenvalue weighted by molar-refractivity contribution is 0.0970. The number of hydrogen-bond donors (Lipinski definition) is 0. The molecule has 1 aliphatic rings. The lowest BCUT2D eigenvalue weighted by Crippen LogP contribution is -2.09. The van der Waals surface area contributed by atoms with Gasteiger partial charge in [0.15, 0.2) is 5.78 Å². The highest BCUT2D eigenvalue weighted by atomic mass is 16.1. The number of benzene rings is 1. The average Bonchev–Trinajstić information content (AvgIpc) is 2.46. The van der Waals surface area contributed by atoms with Crippen LogP contribution in [-0.2, 0) is 0 Å². The van der Waals surface area contributed by atoms with E-state index in [9.17, 15) is 4.79 Å². The Morgan fingerprint density at radius 3 is 2.32 bits per heavy atom. The van der Waals surface area contributed by atoms with Crippen LogP contribution in [0.4, 0.5) is 0 Å². The van der Waals surface area contributed by atoms with Crippen molar-refractivity contribution in [2.45, 2.75) is 64.7 Å². The highest BCUT2D eigenvalue weighted by molar-refractivity contribution is 5.96. The van der Waals surface area contributed by atoms with Crippen molar-refractivity contribution in [1.82, 2.24) is 0 Å². The van der Waals surface area contributed by atoms with Gasteiger partial charge >= 0.3 is 0 Å². The molecule has 1 aromatic rings. The van der Waals surface area contributed by atoms with Crippen molar-refractivity contribution >= 4 is 5.78 Å². The standard InChI is InChI=1S/C18H26O/c1-14(2)16-9-11-17(12-10-16)18(19)13-8-15-6-4-3-5-7-15/h9-12,14-15H,3-8,13H2,1-2H3. The van der Waals surface area contributed by atoms with Crippen LogP contribution in [0.1, 0.15) is 80.6 Å². The van der Waals surface area contributed by atoms with Gasteiger partial charge < -0.3 is 0 Å². The molecular formula is C18H26O. The number of carbonyl (C=O) groups is 1. The molecular weight excluding hydrogens is 232 g/mol. The monoisotopic (exact) mass is 258 g/mol. The van der Waals surface area contributed by atoms with Gasteiger partial charge in [-0.05, 0) is 23.8 Å². The first-order chi connectivity index (χ1) is 9.16. The second kappa shape index (κ2) is 6.88. The minimum atomic E-state index is 0.320. The Balaban J connectivity index is 1.85. The summed E-state index contributed by atoms with van der Waals surface area (Å²) in [5, 5.41) is 0. The molecule has 0 saturated heterocycles. The van der Waals surface area contributed by atoms with E-state index < -0.39 is 0 Å². The Morgan fingerprint density at radius 1 is 1.11 bits per heavy atom. The van der Waals surface area contributed by atoms with Crippen LogP contribution in [0.5, 0.6) is 0 Å². The molecule has 0 unspecified atom stereocenters. The summed E-state index contributed by atoms with van der Waals surface area (Å²) in [7, 11) is 0. The predicted molar refractivity (Wildman–Crippen MR) is 80.7 cm³/mol. The van der Waals surface area contributed by atoms with Crippen molar-refractivity contribution in [3.63, 3.8) is 0 Å². The number of hydrogen-bond acceptors (Lipinski definition) is 1. The second-order valence-electron chi connectivity index (χ2n) is 6.24. The van der Waals surface area contributed by atoms with Gasteiger partial charge in [-0.3, -0.25) is 4.79 Å². The van der Waals surface area contributed by atoms with E-state index in [1.54, 1.807) is 0 Å². The van der Waals surface area contributed by atoms with Crippen molar-refractivity contribution in [3.8, 4) is 0 Å². The second-order valence-corrected chi connectivity index (χ2v) is 6.24. The van der Waals surface area contributed by atoms with Crippen molar-refractivity contribution in [3.05, 3.63) is 35.4 Å². The maximum absolute atomic E-state index is 12.2. The summed E-state index contributed by atoms with van der Waals surface area (Å²) in [5.41, 5.74) is 2.20. The van der Waals surface area contributed by atoms with Crippen LogP contribution in [0.25, 0.3) is 0 Å². The Morgan fingerprint density at radius 2 is 1.74 bits per heavy atom. The van der Waals surface area contributed by atoms with E-state index in [1.165, 1.54) is 37.7 Å². The maximum Gasteiger partial charge on any atom is 0.162 e. The number of rotatable bonds is 5. The summed E-state index contributed by atoms with van der Waals surface area (Å²) < 4.78 is 0. The van der Waals surface area contributed by atoms with Crippen LogP contribution in [0.3, 0.4) is 0 Å². The van der Waals surface area contributed by atoms with Gasteiger partial charge in [-0.25, -0.2) is 0 Å². The summed E-state index contributed by atoms with van der Waals surface area (Å²) in [6.45, 7) is 4.36. The van der Waals surface area contributed by atoms with Crippen LogP contribution in [0, 0.1) is 5.92 Å². The highest BCUT2D eigenvalue weighted by Crippen LogP contribution is 2.28. The van der Waals surface area contributed by atoms with Crippen molar-refractivity contribution < 1.29 is 4.79 Å². The number of ketones is 1. The van der Waals surface area contributed by atoms with Gasteiger partial charge in [0, 0.05) is 12.0 Å². The van der Waals surface area contributed by atoms with E-state index in [2.05, 4.69) is 26.0 Å². The van der Waals surface area contributed by atoms with Crippen LogP contribution >= 0.6 is 0 Å². The number of carbonyl (C=O) groups excluding carboxylic acids is 1. The highest BCUT2D eigenvalue weighted by Gasteiger charge is 2.15. The molecule has 0 bridgehead atoms.